The maximum absolute atomic E-state index is 13.3. The molecule has 0 radical (unpaired) electrons. The Morgan fingerprint density at radius 3 is 2.21 bits per heavy atom. The van der Waals surface area contributed by atoms with E-state index in [2.05, 4.69) is 26.0 Å². The molecule has 3 nitrogen and oxygen atoms in total. The summed E-state index contributed by atoms with van der Waals surface area (Å²) in [5, 5.41) is 0. The molecule has 1 fully saturated rings. The summed E-state index contributed by atoms with van der Waals surface area (Å²) < 4.78 is 5.23. The van der Waals surface area contributed by atoms with Gasteiger partial charge in [0.2, 0.25) is 5.91 Å². The number of amides is 1. The molecule has 126 valence electrons. The molecule has 1 amide bonds. The Kier molecular flexibility index (Phi) is 4.61. The molecule has 1 aliphatic carbocycles. The molecule has 2 aromatic carbocycles. The molecule has 0 aromatic heterocycles. The van der Waals surface area contributed by atoms with Crippen molar-refractivity contribution in [2.24, 2.45) is 0 Å². The number of carbonyl (C=O) groups excluding carboxylic acids is 1. The number of benzene rings is 2. The quantitative estimate of drug-likeness (QED) is 0.799. The molecule has 3 heteroatoms. The van der Waals surface area contributed by atoms with E-state index < -0.39 is 0 Å². The van der Waals surface area contributed by atoms with E-state index >= 15 is 0 Å². The predicted molar refractivity (Wildman–Crippen MR) is 96.0 cm³/mol. The van der Waals surface area contributed by atoms with E-state index in [0.717, 1.165) is 24.2 Å². The topological polar surface area (TPSA) is 29.5 Å². The smallest absolute Gasteiger partial charge is 0.233 e. The van der Waals surface area contributed by atoms with Crippen molar-refractivity contribution in [1.82, 2.24) is 4.90 Å². The van der Waals surface area contributed by atoms with E-state index in [0.29, 0.717) is 6.54 Å². The highest BCUT2D eigenvalue weighted by molar-refractivity contribution is 5.91. The van der Waals surface area contributed by atoms with Crippen molar-refractivity contribution < 1.29 is 9.53 Å². The van der Waals surface area contributed by atoms with Gasteiger partial charge in [-0.3, -0.25) is 4.79 Å². The third-order valence-electron chi connectivity index (χ3n) is 4.88. The summed E-state index contributed by atoms with van der Waals surface area (Å²) in [4.78, 5) is 15.3. The first-order valence-electron chi connectivity index (χ1n) is 8.56. The lowest BCUT2D eigenvalue weighted by atomic mass is 9.93. The van der Waals surface area contributed by atoms with Crippen LogP contribution in [0.15, 0.2) is 54.6 Å². The van der Waals surface area contributed by atoms with Gasteiger partial charge in [0.1, 0.15) is 5.75 Å². The van der Waals surface area contributed by atoms with Crippen LogP contribution in [0.3, 0.4) is 0 Å². The third-order valence-corrected chi connectivity index (χ3v) is 4.88. The minimum atomic E-state index is -0.342. The SMILES string of the molecule is COc1ccc(C2(C(=O)N(Cc3ccccc3)C(C)C)CC2)cc1. The molecule has 2 aromatic rings. The number of hydrogen-bond acceptors (Lipinski definition) is 2. The third kappa shape index (κ3) is 3.16. The summed E-state index contributed by atoms with van der Waals surface area (Å²) in [7, 11) is 1.66. The molecule has 0 atom stereocenters. The maximum atomic E-state index is 13.3. The van der Waals surface area contributed by atoms with Crippen LogP contribution < -0.4 is 4.74 Å². The van der Waals surface area contributed by atoms with E-state index in [-0.39, 0.29) is 17.4 Å². The van der Waals surface area contributed by atoms with Crippen LogP contribution in [-0.4, -0.2) is 24.0 Å². The van der Waals surface area contributed by atoms with Crippen LogP contribution in [0.2, 0.25) is 0 Å². The second-order valence-electron chi connectivity index (χ2n) is 6.82. The fourth-order valence-corrected chi connectivity index (χ4v) is 3.20. The second-order valence-corrected chi connectivity index (χ2v) is 6.82. The standard InChI is InChI=1S/C21H25NO2/c1-16(2)22(15-17-7-5-4-6-8-17)20(23)21(13-14-21)18-9-11-19(24-3)12-10-18/h4-12,16H,13-15H2,1-3H3. The van der Waals surface area contributed by atoms with Crippen LogP contribution in [0.1, 0.15) is 37.8 Å². The van der Waals surface area contributed by atoms with Crippen molar-refractivity contribution in [2.45, 2.75) is 44.7 Å². The summed E-state index contributed by atoms with van der Waals surface area (Å²) in [5.74, 6) is 1.07. The van der Waals surface area contributed by atoms with Crippen molar-refractivity contribution in [3.05, 3.63) is 65.7 Å². The molecule has 1 saturated carbocycles. The summed E-state index contributed by atoms with van der Waals surface area (Å²) >= 11 is 0. The highest BCUT2D eigenvalue weighted by Crippen LogP contribution is 2.50. The highest BCUT2D eigenvalue weighted by Gasteiger charge is 2.53. The van der Waals surface area contributed by atoms with Crippen molar-refractivity contribution >= 4 is 5.91 Å². The Balaban J connectivity index is 1.83. The first kappa shape index (κ1) is 16.6. The van der Waals surface area contributed by atoms with Gasteiger partial charge < -0.3 is 9.64 Å². The van der Waals surface area contributed by atoms with Gasteiger partial charge in [-0.25, -0.2) is 0 Å². The molecule has 0 N–H and O–H groups in total. The Bertz CT molecular complexity index is 688. The molecule has 0 spiro atoms. The molecule has 0 heterocycles. The average molecular weight is 323 g/mol. The number of rotatable bonds is 6. The van der Waals surface area contributed by atoms with Crippen molar-refractivity contribution in [3.8, 4) is 5.75 Å². The van der Waals surface area contributed by atoms with Gasteiger partial charge in [0.15, 0.2) is 0 Å². The number of carbonyl (C=O) groups is 1. The molecule has 0 aliphatic heterocycles. The van der Waals surface area contributed by atoms with Crippen molar-refractivity contribution in [1.29, 1.82) is 0 Å². The minimum absolute atomic E-state index is 0.174. The van der Waals surface area contributed by atoms with Crippen LogP contribution in [0.25, 0.3) is 0 Å². The first-order chi connectivity index (χ1) is 11.6. The monoisotopic (exact) mass is 323 g/mol. The van der Waals surface area contributed by atoms with Gasteiger partial charge in [-0.2, -0.15) is 0 Å². The molecule has 0 bridgehead atoms. The molecular weight excluding hydrogens is 298 g/mol. The molecular formula is C21H25NO2. The number of hydrogen-bond donors (Lipinski definition) is 0. The zero-order valence-corrected chi connectivity index (χ0v) is 14.7. The van der Waals surface area contributed by atoms with Crippen molar-refractivity contribution in [2.75, 3.05) is 7.11 Å². The number of methoxy groups -OCH3 is 1. The lowest BCUT2D eigenvalue weighted by molar-refractivity contribution is -0.136. The number of ether oxygens (including phenoxy) is 1. The Morgan fingerprint density at radius 2 is 1.71 bits per heavy atom. The number of nitrogens with zero attached hydrogens (tertiary/aromatic N) is 1. The maximum Gasteiger partial charge on any atom is 0.233 e. The van der Waals surface area contributed by atoms with Crippen LogP contribution >= 0.6 is 0 Å². The zero-order chi connectivity index (χ0) is 17.2. The van der Waals surface area contributed by atoms with E-state index in [9.17, 15) is 4.79 Å². The van der Waals surface area contributed by atoms with Gasteiger partial charge in [-0.1, -0.05) is 42.5 Å². The van der Waals surface area contributed by atoms with Crippen LogP contribution in [0, 0.1) is 0 Å². The van der Waals surface area contributed by atoms with Crippen LogP contribution in [0.5, 0.6) is 5.75 Å². The molecule has 0 saturated heterocycles. The fraction of sp³-hybridized carbons (Fsp3) is 0.381. The fourth-order valence-electron chi connectivity index (χ4n) is 3.20. The van der Waals surface area contributed by atoms with Gasteiger partial charge in [-0.15, -0.1) is 0 Å². The molecule has 24 heavy (non-hydrogen) atoms. The van der Waals surface area contributed by atoms with Crippen LogP contribution in [-0.2, 0) is 16.8 Å². The van der Waals surface area contributed by atoms with Gasteiger partial charge in [0.25, 0.3) is 0 Å². The molecule has 1 aliphatic rings. The molecule has 0 unspecified atom stereocenters. The van der Waals surface area contributed by atoms with E-state index in [1.165, 1.54) is 5.56 Å². The van der Waals surface area contributed by atoms with Gasteiger partial charge >= 0.3 is 0 Å². The lowest BCUT2D eigenvalue weighted by Gasteiger charge is -2.31. The summed E-state index contributed by atoms with van der Waals surface area (Å²) in [6, 6.07) is 18.3. The highest BCUT2D eigenvalue weighted by atomic mass is 16.5. The predicted octanol–water partition coefficient (Wildman–Crippen LogP) is 4.16. The van der Waals surface area contributed by atoms with E-state index in [4.69, 9.17) is 4.74 Å². The van der Waals surface area contributed by atoms with Crippen molar-refractivity contribution in [3.63, 3.8) is 0 Å². The summed E-state index contributed by atoms with van der Waals surface area (Å²) in [6.07, 6.45) is 1.85. The Labute approximate surface area is 144 Å². The Hall–Kier alpha value is -2.29. The van der Waals surface area contributed by atoms with E-state index in [1.807, 2.05) is 47.4 Å². The largest absolute Gasteiger partial charge is 0.497 e. The van der Waals surface area contributed by atoms with Crippen LogP contribution in [0.4, 0.5) is 0 Å². The zero-order valence-electron chi connectivity index (χ0n) is 14.7. The summed E-state index contributed by atoms with van der Waals surface area (Å²) in [5.41, 5.74) is 1.93. The van der Waals surface area contributed by atoms with Gasteiger partial charge in [-0.05, 0) is 49.9 Å². The Morgan fingerprint density at radius 1 is 1.08 bits per heavy atom. The normalized spacial score (nSPS) is 15.2. The molecule has 3 rings (SSSR count). The van der Waals surface area contributed by atoms with Gasteiger partial charge in [0.05, 0.1) is 12.5 Å². The lowest BCUT2D eigenvalue weighted by Crippen LogP contribution is -2.43. The van der Waals surface area contributed by atoms with Gasteiger partial charge in [0, 0.05) is 12.6 Å². The summed E-state index contributed by atoms with van der Waals surface area (Å²) in [6.45, 7) is 4.84. The first-order valence-corrected chi connectivity index (χ1v) is 8.56. The van der Waals surface area contributed by atoms with E-state index in [1.54, 1.807) is 7.11 Å². The minimum Gasteiger partial charge on any atom is -0.497 e. The second kappa shape index (κ2) is 6.68. The average Bonchev–Trinajstić information content (AvgIpc) is 3.42.